The number of halogens is 3. The molecule has 2 saturated heterocycles. The lowest BCUT2D eigenvalue weighted by molar-refractivity contribution is -0.0721. The first-order valence-corrected chi connectivity index (χ1v) is 10.9. The number of guanidine groups is 1. The van der Waals surface area contributed by atoms with E-state index in [1.807, 2.05) is 6.07 Å². The molecule has 0 saturated carbocycles. The topological polar surface area (TPSA) is 64.6 Å². The highest BCUT2D eigenvalue weighted by Crippen LogP contribution is 2.29. The van der Waals surface area contributed by atoms with Crippen molar-refractivity contribution in [2.45, 2.75) is 57.5 Å². The van der Waals surface area contributed by atoms with Gasteiger partial charge in [0.05, 0.1) is 25.9 Å². The van der Waals surface area contributed by atoms with Gasteiger partial charge in [0.1, 0.15) is 0 Å². The molecule has 2 fully saturated rings. The van der Waals surface area contributed by atoms with Crippen LogP contribution in [-0.4, -0.2) is 70.1 Å². The van der Waals surface area contributed by atoms with Crippen LogP contribution in [0.4, 0.5) is 8.78 Å². The van der Waals surface area contributed by atoms with E-state index in [2.05, 4.69) is 19.9 Å². The van der Waals surface area contributed by atoms with Crippen LogP contribution in [0, 0.1) is 0 Å². The first-order valence-electron chi connectivity index (χ1n) is 10.9. The minimum Gasteiger partial charge on any atom is -0.493 e. The Morgan fingerprint density at radius 2 is 2.00 bits per heavy atom. The van der Waals surface area contributed by atoms with E-state index >= 15 is 0 Å². The van der Waals surface area contributed by atoms with Crippen LogP contribution >= 0.6 is 24.0 Å². The second-order valence-corrected chi connectivity index (χ2v) is 7.77. The molecule has 182 valence electrons. The van der Waals surface area contributed by atoms with E-state index in [1.54, 1.807) is 19.2 Å². The van der Waals surface area contributed by atoms with E-state index in [1.165, 1.54) is 13.5 Å². The fraction of sp³-hybridized carbons (Fsp3) is 0.682. The van der Waals surface area contributed by atoms with Gasteiger partial charge in [0.15, 0.2) is 17.5 Å². The molecule has 0 spiro atoms. The predicted molar refractivity (Wildman–Crippen MR) is 129 cm³/mol. The smallest absolute Gasteiger partial charge is 0.387 e. The van der Waals surface area contributed by atoms with Crippen LogP contribution in [0.2, 0.25) is 0 Å². The van der Waals surface area contributed by atoms with Gasteiger partial charge in [0.2, 0.25) is 0 Å². The zero-order valence-electron chi connectivity index (χ0n) is 18.7. The summed E-state index contributed by atoms with van der Waals surface area (Å²) in [6.45, 7) is 0.747. The molecule has 0 amide bonds. The second-order valence-electron chi connectivity index (χ2n) is 7.77. The van der Waals surface area contributed by atoms with Crippen LogP contribution in [0.25, 0.3) is 0 Å². The number of aliphatic imine (C=N–C) groups is 1. The number of hydrogen-bond donors (Lipinski definition) is 1. The lowest BCUT2D eigenvalue weighted by Crippen LogP contribution is -2.47. The lowest BCUT2D eigenvalue weighted by Gasteiger charge is -2.35. The number of nitrogens with zero attached hydrogens (tertiary/aromatic N) is 2. The maximum absolute atomic E-state index is 12.6. The van der Waals surface area contributed by atoms with Crippen molar-refractivity contribution in [1.82, 2.24) is 10.2 Å². The number of rotatable bonds is 8. The number of alkyl halides is 2. The molecule has 0 bridgehead atoms. The molecule has 2 heterocycles. The summed E-state index contributed by atoms with van der Waals surface area (Å²) in [6, 6.07) is 4.99. The summed E-state index contributed by atoms with van der Waals surface area (Å²) in [6.07, 6.45) is 5.81. The molecular formula is C22H34F2IN3O4. The monoisotopic (exact) mass is 569 g/mol. The van der Waals surface area contributed by atoms with Gasteiger partial charge in [-0.25, -0.2) is 0 Å². The van der Waals surface area contributed by atoms with Crippen LogP contribution in [0.15, 0.2) is 23.2 Å². The third kappa shape index (κ3) is 8.18. The van der Waals surface area contributed by atoms with E-state index in [4.69, 9.17) is 14.2 Å². The van der Waals surface area contributed by atoms with Gasteiger partial charge < -0.3 is 29.2 Å². The molecule has 1 unspecified atom stereocenters. The maximum Gasteiger partial charge on any atom is 0.387 e. The highest BCUT2D eigenvalue weighted by atomic mass is 127. The molecule has 1 aromatic rings. The molecule has 1 atom stereocenters. The zero-order valence-corrected chi connectivity index (χ0v) is 21.1. The molecule has 0 aromatic heterocycles. The van der Waals surface area contributed by atoms with E-state index in [0.717, 1.165) is 56.9 Å². The number of hydrogen-bond acceptors (Lipinski definition) is 5. The third-order valence-corrected chi connectivity index (χ3v) is 5.64. The van der Waals surface area contributed by atoms with Crippen molar-refractivity contribution in [2.75, 3.05) is 40.5 Å². The van der Waals surface area contributed by atoms with Gasteiger partial charge in [-0.15, -0.1) is 24.0 Å². The lowest BCUT2D eigenvalue weighted by atomic mass is 10.1. The Balaban J connectivity index is 0.00000363. The molecule has 0 radical (unpaired) electrons. The number of methoxy groups -OCH3 is 1. The Kier molecular flexibility index (Phi) is 11.7. The van der Waals surface area contributed by atoms with Crippen LogP contribution in [0.1, 0.15) is 37.7 Å². The van der Waals surface area contributed by atoms with Gasteiger partial charge in [-0.3, -0.25) is 4.99 Å². The molecule has 2 aliphatic rings. The average molecular weight is 569 g/mol. The summed E-state index contributed by atoms with van der Waals surface area (Å²) in [5.41, 5.74) is 0.795. The standard InChI is InChI=1S/C22H33F2N3O4.HI/c1-25-22(26-14-16-6-7-19(28-2)20(13-16)31-21(23)24)27-10-8-17(9-11-27)30-15-18-5-3-4-12-29-18;/h6-7,13,17-18,21H,3-5,8-12,14-15H2,1-2H3,(H,25,26);1H. The number of likely N-dealkylation sites (tertiary alicyclic amines) is 1. The van der Waals surface area contributed by atoms with Crippen molar-refractivity contribution < 1.29 is 27.7 Å². The SMILES string of the molecule is CN=C(NCc1ccc(OC)c(OC(F)F)c1)N1CCC(OCC2CCCCO2)CC1.I. The van der Waals surface area contributed by atoms with Gasteiger partial charge >= 0.3 is 6.61 Å². The van der Waals surface area contributed by atoms with Gasteiger partial charge in [0.25, 0.3) is 0 Å². The Morgan fingerprint density at radius 3 is 2.62 bits per heavy atom. The first kappa shape index (κ1) is 26.8. The van der Waals surface area contributed by atoms with Crippen molar-refractivity contribution in [3.63, 3.8) is 0 Å². The van der Waals surface area contributed by atoms with E-state index in [0.29, 0.717) is 13.2 Å². The van der Waals surface area contributed by atoms with E-state index < -0.39 is 6.61 Å². The van der Waals surface area contributed by atoms with Crippen LogP contribution in [-0.2, 0) is 16.0 Å². The van der Waals surface area contributed by atoms with Crippen molar-refractivity contribution >= 4 is 29.9 Å². The van der Waals surface area contributed by atoms with Crippen molar-refractivity contribution in [3.8, 4) is 11.5 Å². The van der Waals surface area contributed by atoms with Crippen molar-refractivity contribution in [2.24, 2.45) is 4.99 Å². The number of benzene rings is 1. The van der Waals surface area contributed by atoms with Crippen LogP contribution in [0.5, 0.6) is 11.5 Å². The fourth-order valence-corrected chi connectivity index (χ4v) is 3.95. The highest BCUT2D eigenvalue weighted by Gasteiger charge is 2.24. The highest BCUT2D eigenvalue weighted by molar-refractivity contribution is 14.0. The van der Waals surface area contributed by atoms with Gasteiger partial charge in [-0.05, 0) is 49.8 Å². The normalized spacial score (nSPS) is 20.1. The van der Waals surface area contributed by atoms with E-state index in [9.17, 15) is 8.78 Å². The molecule has 0 aliphatic carbocycles. The average Bonchev–Trinajstić information content (AvgIpc) is 2.79. The largest absolute Gasteiger partial charge is 0.493 e. The molecule has 3 rings (SSSR count). The first-order chi connectivity index (χ1) is 15.1. The molecule has 1 N–H and O–H groups in total. The summed E-state index contributed by atoms with van der Waals surface area (Å²) in [5.74, 6) is 1.07. The second kappa shape index (κ2) is 14.0. The molecule has 2 aliphatic heterocycles. The van der Waals surface area contributed by atoms with Gasteiger partial charge in [-0.1, -0.05) is 6.07 Å². The number of nitrogens with one attached hydrogen (secondary N) is 1. The maximum atomic E-state index is 12.6. The molecular weight excluding hydrogens is 535 g/mol. The van der Waals surface area contributed by atoms with Crippen molar-refractivity contribution in [3.05, 3.63) is 23.8 Å². The summed E-state index contributed by atoms with van der Waals surface area (Å²) in [7, 11) is 3.16. The van der Waals surface area contributed by atoms with Crippen LogP contribution in [0.3, 0.4) is 0 Å². The zero-order chi connectivity index (χ0) is 22.1. The minimum atomic E-state index is -2.90. The molecule has 1 aromatic carbocycles. The summed E-state index contributed by atoms with van der Waals surface area (Å²) in [4.78, 5) is 6.56. The number of ether oxygens (including phenoxy) is 4. The molecule has 32 heavy (non-hydrogen) atoms. The quantitative estimate of drug-likeness (QED) is 0.290. The van der Waals surface area contributed by atoms with Gasteiger partial charge in [-0.2, -0.15) is 8.78 Å². The fourth-order valence-electron chi connectivity index (χ4n) is 3.95. The summed E-state index contributed by atoms with van der Waals surface area (Å²) in [5, 5.41) is 3.30. The Hall–Kier alpha value is -1.40. The summed E-state index contributed by atoms with van der Waals surface area (Å²) >= 11 is 0. The number of piperidine rings is 1. The van der Waals surface area contributed by atoms with Crippen molar-refractivity contribution in [1.29, 1.82) is 0 Å². The van der Waals surface area contributed by atoms with Crippen LogP contribution < -0.4 is 14.8 Å². The third-order valence-electron chi connectivity index (χ3n) is 5.64. The molecule has 10 heteroatoms. The Bertz CT molecular complexity index is 712. The minimum absolute atomic E-state index is 0. The van der Waals surface area contributed by atoms with Gasteiger partial charge in [0, 0.05) is 33.3 Å². The predicted octanol–water partition coefficient (Wildman–Crippen LogP) is 4.04. The Labute approximate surface area is 205 Å². The summed E-state index contributed by atoms with van der Waals surface area (Å²) < 4.78 is 46.7. The Morgan fingerprint density at radius 1 is 1.22 bits per heavy atom. The van der Waals surface area contributed by atoms with E-state index in [-0.39, 0.29) is 47.7 Å². The molecule has 7 nitrogen and oxygen atoms in total.